The van der Waals surface area contributed by atoms with E-state index in [0.717, 1.165) is 48.9 Å². The van der Waals surface area contributed by atoms with Crippen molar-refractivity contribution in [3.63, 3.8) is 0 Å². The molecule has 0 bridgehead atoms. The standard InChI is InChI=1S/C25H30F3N5S/c1-33(2)23-20-8-4-5-9-21(20)31-24(32-23)30-19-13-11-17(12-14-19)15-29-16-18-7-3-6-10-22(18)34-25(26,27)28/h3-10,17,19,29H,11-16H2,1-2H3,(H,30,31,32)/t17-,19+. The molecule has 1 saturated carbocycles. The average molecular weight is 490 g/mol. The number of nitrogens with one attached hydrogen (secondary N) is 2. The van der Waals surface area contributed by atoms with Crippen molar-refractivity contribution >= 4 is 34.4 Å². The lowest BCUT2D eigenvalue weighted by atomic mass is 9.86. The van der Waals surface area contributed by atoms with Gasteiger partial charge >= 0.3 is 5.51 Å². The predicted octanol–water partition coefficient (Wildman–Crippen LogP) is 6.07. The number of para-hydroxylation sites is 1. The van der Waals surface area contributed by atoms with Crippen LogP contribution >= 0.6 is 11.8 Å². The van der Waals surface area contributed by atoms with Crippen LogP contribution in [0.5, 0.6) is 0 Å². The molecule has 1 fully saturated rings. The van der Waals surface area contributed by atoms with Crippen molar-refractivity contribution in [3.05, 3.63) is 54.1 Å². The molecule has 9 heteroatoms. The summed E-state index contributed by atoms with van der Waals surface area (Å²) in [5.41, 5.74) is -2.67. The summed E-state index contributed by atoms with van der Waals surface area (Å²) in [4.78, 5) is 11.7. The highest BCUT2D eigenvalue weighted by Gasteiger charge is 2.30. The third kappa shape index (κ3) is 6.54. The molecule has 0 saturated heterocycles. The molecule has 2 N–H and O–H groups in total. The molecule has 1 heterocycles. The third-order valence-corrected chi connectivity index (χ3v) is 6.98. The van der Waals surface area contributed by atoms with E-state index in [1.807, 2.05) is 43.3 Å². The summed E-state index contributed by atoms with van der Waals surface area (Å²) in [5, 5.41) is 7.92. The van der Waals surface area contributed by atoms with Gasteiger partial charge in [-0.15, -0.1) is 0 Å². The molecule has 3 aromatic rings. The van der Waals surface area contributed by atoms with E-state index in [0.29, 0.717) is 30.0 Å². The molecule has 1 aromatic heterocycles. The monoisotopic (exact) mass is 489 g/mol. The maximum Gasteiger partial charge on any atom is 0.446 e. The molecule has 0 radical (unpaired) electrons. The Morgan fingerprint density at radius 2 is 1.68 bits per heavy atom. The molecule has 0 amide bonds. The van der Waals surface area contributed by atoms with Crippen LogP contribution in [0.1, 0.15) is 31.2 Å². The Balaban J connectivity index is 1.28. The van der Waals surface area contributed by atoms with Crippen molar-refractivity contribution in [2.45, 2.75) is 48.7 Å². The number of rotatable bonds is 8. The summed E-state index contributed by atoms with van der Waals surface area (Å²) in [7, 11) is 3.97. The van der Waals surface area contributed by atoms with Crippen LogP contribution in [0.15, 0.2) is 53.4 Å². The fourth-order valence-electron chi connectivity index (χ4n) is 4.44. The van der Waals surface area contributed by atoms with Crippen LogP contribution in [0, 0.1) is 5.92 Å². The molecule has 5 nitrogen and oxygen atoms in total. The summed E-state index contributed by atoms with van der Waals surface area (Å²) in [5.74, 6) is 2.06. The van der Waals surface area contributed by atoms with Crippen molar-refractivity contribution < 1.29 is 13.2 Å². The lowest BCUT2D eigenvalue weighted by Gasteiger charge is -2.29. The summed E-state index contributed by atoms with van der Waals surface area (Å²) in [6, 6.07) is 15.0. The first kappa shape index (κ1) is 24.6. The molecule has 4 rings (SSSR count). The second kappa shape index (κ2) is 10.8. The first-order valence-electron chi connectivity index (χ1n) is 11.5. The first-order chi connectivity index (χ1) is 16.3. The number of anilines is 2. The second-order valence-electron chi connectivity index (χ2n) is 8.93. The van der Waals surface area contributed by atoms with E-state index in [4.69, 9.17) is 9.97 Å². The van der Waals surface area contributed by atoms with Gasteiger partial charge in [0.15, 0.2) is 0 Å². The average Bonchev–Trinajstić information content (AvgIpc) is 2.80. The van der Waals surface area contributed by atoms with Crippen LogP contribution in [-0.2, 0) is 6.54 Å². The summed E-state index contributed by atoms with van der Waals surface area (Å²) in [6.07, 6.45) is 4.14. The minimum atomic E-state index is -4.27. The van der Waals surface area contributed by atoms with Gasteiger partial charge in [0.1, 0.15) is 5.82 Å². The molecule has 34 heavy (non-hydrogen) atoms. The van der Waals surface area contributed by atoms with Gasteiger partial charge in [-0.3, -0.25) is 0 Å². The summed E-state index contributed by atoms with van der Waals surface area (Å²) < 4.78 is 38.4. The van der Waals surface area contributed by atoms with Gasteiger partial charge in [0.05, 0.1) is 5.52 Å². The molecule has 0 spiro atoms. The highest BCUT2D eigenvalue weighted by molar-refractivity contribution is 8.00. The number of benzene rings is 2. The van der Waals surface area contributed by atoms with Gasteiger partial charge in [0.2, 0.25) is 5.95 Å². The molecular weight excluding hydrogens is 459 g/mol. The normalized spacial score (nSPS) is 18.7. The lowest BCUT2D eigenvalue weighted by Crippen LogP contribution is -2.31. The van der Waals surface area contributed by atoms with Gasteiger partial charge < -0.3 is 15.5 Å². The molecular formula is C25H30F3N5S. The van der Waals surface area contributed by atoms with Crippen LogP contribution in [0.25, 0.3) is 10.9 Å². The van der Waals surface area contributed by atoms with Gasteiger partial charge in [-0.25, -0.2) is 4.98 Å². The largest absolute Gasteiger partial charge is 0.446 e. The fourth-order valence-corrected chi connectivity index (χ4v) is 5.11. The highest BCUT2D eigenvalue weighted by Crippen LogP contribution is 2.38. The van der Waals surface area contributed by atoms with E-state index in [2.05, 4.69) is 10.6 Å². The number of fused-ring (bicyclic) bond motifs is 1. The second-order valence-corrected chi connectivity index (χ2v) is 10.0. The summed E-state index contributed by atoms with van der Waals surface area (Å²) >= 11 is -0.0453. The lowest BCUT2D eigenvalue weighted by molar-refractivity contribution is -0.0328. The molecule has 182 valence electrons. The molecule has 0 aliphatic heterocycles. The highest BCUT2D eigenvalue weighted by atomic mass is 32.2. The van der Waals surface area contributed by atoms with E-state index in [-0.39, 0.29) is 16.7 Å². The number of nitrogens with zero attached hydrogens (tertiary/aromatic N) is 3. The smallest absolute Gasteiger partial charge is 0.362 e. The third-order valence-electron chi connectivity index (χ3n) is 6.13. The SMILES string of the molecule is CN(C)c1nc(N[C@H]2CC[C@@H](CNCc3ccccc3SC(F)(F)F)CC2)nc2ccccc12. The zero-order valence-corrected chi connectivity index (χ0v) is 20.2. The van der Waals surface area contributed by atoms with Crippen LogP contribution < -0.4 is 15.5 Å². The van der Waals surface area contributed by atoms with Crippen LogP contribution in [0.2, 0.25) is 0 Å². The van der Waals surface area contributed by atoms with E-state index < -0.39 is 5.51 Å². The van der Waals surface area contributed by atoms with E-state index in [1.54, 1.807) is 18.2 Å². The van der Waals surface area contributed by atoms with Gasteiger partial charge in [-0.05, 0) is 73.7 Å². The maximum atomic E-state index is 12.8. The van der Waals surface area contributed by atoms with Gasteiger partial charge in [-0.1, -0.05) is 30.3 Å². The van der Waals surface area contributed by atoms with Crippen molar-refractivity contribution in [2.24, 2.45) is 5.92 Å². The zero-order valence-electron chi connectivity index (χ0n) is 19.4. The van der Waals surface area contributed by atoms with Gasteiger partial charge in [0.25, 0.3) is 0 Å². The number of aromatic nitrogens is 2. The van der Waals surface area contributed by atoms with Crippen LogP contribution in [-0.4, -0.2) is 42.2 Å². The van der Waals surface area contributed by atoms with Crippen molar-refractivity contribution in [1.82, 2.24) is 15.3 Å². The van der Waals surface area contributed by atoms with E-state index in [9.17, 15) is 13.2 Å². The van der Waals surface area contributed by atoms with Crippen LogP contribution in [0.3, 0.4) is 0 Å². The fraction of sp³-hybridized carbons (Fsp3) is 0.440. The number of alkyl halides is 3. The van der Waals surface area contributed by atoms with Gasteiger partial charge in [-0.2, -0.15) is 18.2 Å². The summed E-state index contributed by atoms with van der Waals surface area (Å²) in [6.45, 7) is 1.24. The molecule has 2 aromatic carbocycles. The molecule has 0 unspecified atom stereocenters. The Hall–Kier alpha value is -2.52. The Morgan fingerprint density at radius 3 is 2.41 bits per heavy atom. The molecule has 0 atom stereocenters. The number of halogens is 3. The Morgan fingerprint density at radius 1 is 0.971 bits per heavy atom. The van der Waals surface area contributed by atoms with E-state index in [1.165, 1.54) is 6.07 Å². The quantitative estimate of drug-likeness (QED) is 0.375. The van der Waals surface area contributed by atoms with Crippen LogP contribution in [0.4, 0.5) is 24.9 Å². The minimum absolute atomic E-state index is 0.0453. The van der Waals surface area contributed by atoms with E-state index >= 15 is 0 Å². The number of thioether (sulfide) groups is 1. The minimum Gasteiger partial charge on any atom is -0.362 e. The maximum absolute atomic E-state index is 12.8. The van der Waals surface area contributed by atoms with Gasteiger partial charge in [0, 0.05) is 37.0 Å². The Labute approximate surface area is 202 Å². The van der Waals surface area contributed by atoms with Crippen molar-refractivity contribution in [3.8, 4) is 0 Å². The molecule has 1 aliphatic carbocycles. The zero-order chi connectivity index (χ0) is 24.1. The number of hydrogen-bond donors (Lipinski definition) is 2. The Kier molecular flexibility index (Phi) is 7.83. The predicted molar refractivity (Wildman–Crippen MR) is 133 cm³/mol. The topological polar surface area (TPSA) is 53.1 Å². The van der Waals surface area contributed by atoms with Crippen molar-refractivity contribution in [2.75, 3.05) is 30.9 Å². The number of hydrogen-bond acceptors (Lipinski definition) is 6. The molecule has 1 aliphatic rings. The first-order valence-corrected chi connectivity index (χ1v) is 12.3. The Bertz CT molecular complexity index is 1100. The van der Waals surface area contributed by atoms with Crippen molar-refractivity contribution in [1.29, 1.82) is 0 Å².